The predicted octanol–water partition coefficient (Wildman–Crippen LogP) is 2.60. The Hall–Kier alpha value is -1.93. The molecular formula is C17H23N3O3S2. The van der Waals surface area contributed by atoms with Gasteiger partial charge in [0, 0.05) is 13.1 Å². The highest BCUT2D eigenvalue weighted by molar-refractivity contribution is 7.92. The normalized spacial score (nSPS) is 12.6. The van der Waals surface area contributed by atoms with Gasteiger partial charge in [0.1, 0.15) is 4.88 Å². The maximum atomic E-state index is 12.5. The van der Waals surface area contributed by atoms with Crippen LogP contribution in [-0.4, -0.2) is 38.7 Å². The molecule has 0 aliphatic heterocycles. The van der Waals surface area contributed by atoms with Crippen molar-refractivity contribution in [2.24, 2.45) is 0 Å². The summed E-state index contributed by atoms with van der Waals surface area (Å²) in [5.74, 6) is -0.219. The lowest BCUT2D eigenvalue weighted by Gasteiger charge is -2.13. The molecule has 0 bridgehead atoms. The van der Waals surface area contributed by atoms with Crippen molar-refractivity contribution in [3.05, 3.63) is 46.5 Å². The molecule has 1 aromatic carbocycles. The number of benzene rings is 1. The van der Waals surface area contributed by atoms with Gasteiger partial charge in [0.15, 0.2) is 5.13 Å². The van der Waals surface area contributed by atoms with E-state index < -0.39 is 10.0 Å². The van der Waals surface area contributed by atoms with Crippen LogP contribution >= 0.6 is 11.3 Å². The molecule has 1 heterocycles. The monoisotopic (exact) mass is 381 g/mol. The van der Waals surface area contributed by atoms with Crippen molar-refractivity contribution in [3.8, 4) is 0 Å². The summed E-state index contributed by atoms with van der Waals surface area (Å²) in [5.41, 5.74) is 1.76. The van der Waals surface area contributed by atoms with Gasteiger partial charge in [0.05, 0.1) is 11.9 Å². The van der Waals surface area contributed by atoms with Crippen LogP contribution in [0, 0.1) is 6.92 Å². The Morgan fingerprint density at radius 3 is 2.56 bits per heavy atom. The first kappa shape index (κ1) is 19.4. The molecule has 0 aliphatic rings. The molecule has 2 rings (SSSR count). The molecule has 25 heavy (non-hydrogen) atoms. The van der Waals surface area contributed by atoms with Gasteiger partial charge in [-0.15, -0.1) is 0 Å². The lowest BCUT2D eigenvalue weighted by Crippen LogP contribution is -2.32. The van der Waals surface area contributed by atoms with Gasteiger partial charge in [0.2, 0.25) is 10.0 Å². The van der Waals surface area contributed by atoms with E-state index in [-0.39, 0.29) is 11.9 Å². The van der Waals surface area contributed by atoms with Crippen LogP contribution in [0.1, 0.15) is 34.3 Å². The van der Waals surface area contributed by atoms with Crippen molar-refractivity contribution in [1.82, 2.24) is 10.3 Å². The van der Waals surface area contributed by atoms with Gasteiger partial charge < -0.3 is 5.32 Å². The molecular weight excluding hydrogens is 358 g/mol. The second kappa shape index (κ2) is 7.97. The van der Waals surface area contributed by atoms with Crippen molar-refractivity contribution < 1.29 is 13.2 Å². The van der Waals surface area contributed by atoms with Crippen LogP contribution in [0.4, 0.5) is 5.13 Å². The summed E-state index contributed by atoms with van der Waals surface area (Å²) in [6, 6.07) is 10.1. The van der Waals surface area contributed by atoms with E-state index in [1.54, 1.807) is 6.92 Å². The topological polar surface area (TPSA) is 79.4 Å². The predicted molar refractivity (Wildman–Crippen MR) is 102 cm³/mol. The van der Waals surface area contributed by atoms with E-state index in [1.165, 1.54) is 12.6 Å². The molecule has 1 amide bonds. The summed E-state index contributed by atoms with van der Waals surface area (Å²) in [6.07, 6.45) is 2.81. The number of nitrogens with one attached hydrogen (secondary N) is 1. The molecule has 0 radical (unpaired) electrons. The number of rotatable bonds is 7. The summed E-state index contributed by atoms with van der Waals surface area (Å²) < 4.78 is 24.3. The fourth-order valence-electron chi connectivity index (χ4n) is 2.26. The summed E-state index contributed by atoms with van der Waals surface area (Å²) in [5, 5.41) is 3.26. The number of nitrogens with zero attached hydrogens (tertiary/aromatic N) is 2. The first-order chi connectivity index (χ1) is 11.7. The van der Waals surface area contributed by atoms with Crippen molar-refractivity contribution in [3.63, 3.8) is 0 Å². The third-order valence-electron chi connectivity index (χ3n) is 3.84. The number of amides is 1. The average molecular weight is 382 g/mol. The number of anilines is 1. The molecule has 2 aromatic rings. The summed E-state index contributed by atoms with van der Waals surface area (Å²) in [7, 11) is -1.97. The SMILES string of the molecule is Cc1nc(N(C)S(C)(=O)=O)sc1C(=O)N[C@H](C)CCc1ccccc1. The van der Waals surface area contributed by atoms with E-state index in [9.17, 15) is 13.2 Å². The van der Waals surface area contributed by atoms with Crippen molar-refractivity contribution >= 4 is 32.4 Å². The van der Waals surface area contributed by atoms with E-state index >= 15 is 0 Å². The number of aryl methyl sites for hydroxylation is 2. The second-order valence-corrected chi connectivity index (χ2v) is 9.03. The quantitative estimate of drug-likeness (QED) is 0.799. The third-order valence-corrected chi connectivity index (χ3v) is 6.36. The minimum Gasteiger partial charge on any atom is -0.349 e. The maximum Gasteiger partial charge on any atom is 0.263 e. The lowest BCUT2D eigenvalue weighted by molar-refractivity contribution is 0.0941. The first-order valence-corrected chi connectivity index (χ1v) is 10.6. The van der Waals surface area contributed by atoms with Crippen LogP contribution in [0.5, 0.6) is 0 Å². The number of hydrogen-bond acceptors (Lipinski definition) is 5. The highest BCUT2D eigenvalue weighted by atomic mass is 32.2. The minimum absolute atomic E-state index is 0.00490. The Kier molecular flexibility index (Phi) is 6.18. The highest BCUT2D eigenvalue weighted by Gasteiger charge is 2.22. The van der Waals surface area contributed by atoms with Crippen molar-refractivity contribution in [1.29, 1.82) is 0 Å². The van der Waals surface area contributed by atoms with Crippen LogP contribution in [0.3, 0.4) is 0 Å². The Balaban J connectivity index is 1.99. The summed E-state index contributed by atoms with van der Waals surface area (Å²) in [4.78, 5) is 17.1. The standard InChI is InChI=1S/C17H23N3O3S2/c1-12(10-11-14-8-6-5-7-9-14)18-16(21)15-13(2)19-17(24-15)20(3)25(4,22)23/h5-9,12H,10-11H2,1-4H3,(H,18,21)/t12-/m1/s1. The smallest absolute Gasteiger partial charge is 0.263 e. The Bertz CT molecular complexity index is 832. The largest absolute Gasteiger partial charge is 0.349 e. The molecule has 0 unspecified atom stereocenters. The van der Waals surface area contributed by atoms with Gasteiger partial charge in [-0.1, -0.05) is 41.7 Å². The van der Waals surface area contributed by atoms with Crippen LogP contribution in [0.25, 0.3) is 0 Å². The fraction of sp³-hybridized carbons (Fsp3) is 0.412. The van der Waals surface area contributed by atoms with Crippen molar-refractivity contribution in [2.45, 2.75) is 32.7 Å². The molecule has 0 spiro atoms. The average Bonchev–Trinajstić information content (AvgIpc) is 2.94. The van der Waals surface area contributed by atoms with E-state index in [2.05, 4.69) is 22.4 Å². The van der Waals surface area contributed by atoms with Crippen LogP contribution < -0.4 is 9.62 Å². The Morgan fingerprint density at radius 1 is 1.32 bits per heavy atom. The first-order valence-electron chi connectivity index (χ1n) is 7.94. The highest BCUT2D eigenvalue weighted by Crippen LogP contribution is 2.26. The zero-order valence-electron chi connectivity index (χ0n) is 14.8. The van der Waals surface area contributed by atoms with E-state index in [4.69, 9.17) is 0 Å². The van der Waals surface area contributed by atoms with Gasteiger partial charge in [0.25, 0.3) is 5.91 Å². The number of carbonyl (C=O) groups is 1. The van der Waals surface area contributed by atoms with E-state index in [0.29, 0.717) is 15.7 Å². The summed E-state index contributed by atoms with van der Waals surface area (Å²) in [6.45, 7) is 3.67. The fourth-order valence-corrected chi connectivity index (χ4v) is 3.94. The number of thiazole rings is 1. The molecule has 1 aromatic heterocycles. The van der Waals surface area contributed by atoms with Gasteiger partial charge in [-0.3, -0.25) is 4.79 Å². The second-order valence-electron chi connectivity index (χ2n) is 6.04. The molecule has 0 saturated carbocycles. The molecule has 0 saturated heterocycles. The van der Waals surface area contributed by atoms with Gasteiger partial charge >= 0.3 is 0 Å². The van der Waals surface area contributed by atoms with Crippen molar-refractivity contribution in [2.75, 3.05) is 17.6 Å². The van der Waals surface area contributed by atoms with E-state index in [1.807, 2.05) is 25.1 Å². The molecule has 0 fully saturated rings. The maximum absolute atomic E-state index is 12.5. The van der Waals surface area contributed by atoms with Gasteiger partial charge in [-0.2, -0.15) is 0 Å². The minimum atomic E-state index is -3.40. The zero-order chi connectivity index (χ0) is 18.6. The third kappa shape index (κ3) is 5.27. The number of aromatic nitrogens is 1. The lowest BCUT2D eigenvalue weighted by atomic mass is 10.1. The summed E-state index contributed by atoms with van der Waals surface area (Å²) >= 11 is 1.08. The number of carbonyl (C=O) groups excluding carboxylic acids is 1. The zero-order valence-corrected chi connectivity index (χ0v) is 16.4. The van der Waals surface area contributed by atoms with Crippen LogP contribution in [-0.2, 0) is 16.4 Å². The molecule has 136 valence electrons. The number of sulfonamides is 1. The van der Waals surface area contributed by atoms with Gasteiger partial charge in [-0.05, 0) is 32.3 Å². The number of hydrogen-bond donors (Lipinski definition) is 1. The molecule has 1 atom stereocenters. The molecule has 1 N–H and O–H groups in total. The Morgan fingerprint density at radius 2 is 1.96 bits per heavy atom. The molecule has 0 aliphatic carbocycles. The van der Waals surface area contributed by atoms with E-state index in [0.717, 1.165) is 34.7 Å². The molecule has 8 heteroatoms. The van der Waals surface area contributed by atoms with Gasteiger partial charge in [-0.25, -0.2) is 17.7 Å². The molecule has 6 nitrogen and oxygen atoms in total. The Labute approximate surface area is 153 Å². The van der Waals surface area contributed by atoms with Crippen LogP contribution in [0.15, 0.2) is 30.3 Å². The van der Waals surface area contributed by atoms with Crippen LogP contribution in [0.2, 0.25) is 0 Å².